The zero-order valence-electron chi connectivity index (χ0n) is 19.4. The molecule has 0 fully saturated rings. The third kappa shape index (κ3) is 5.52. The van der Waals surface area contributed by atoms with Crippen molar-refractivity contribution in [3.63, 3.8) is 0 Å². The molecule has 0 bridgehead atoms. The fourth-order valence-corrected chi connectivity index (χ4v) is 4.22. The molecule has 0 aliphatic carbocycles. The van der Waals surface area contributed by atoms with Crippen LogP contribution in [0.5, 0.6) is 11.5 Å². The van der Waals surface area contributed by atoms with Gasteiger partial charge in [0.05, 0.1) is 10.4 Å². The Bertz CT molecular complexity index is 1590. The van der Waals surface area contributed by atoms with Gasteiger partial charge in [-0.05, 0) is 48.9 Å². The first-order chi connectivity index (χ1) is 17.1. The van der Waals surface area contributed by atoms with Crippen molar-refractivity contribution in [3.8, 4) is 11.5 Å². The summed E-state index contributed by atoms with van der Waals surface area (Å²) in [5, 5.41) is 13.0. The number of nitrogens with one attached hydrogen (secondary N) is 3. The van der Waals surface area contributed by atoms with Crippen molar-refractivity contribution in [2.45, 2.75) is 18.7 Å². The molecule has 13 heteroatoms. The van der Waals surface area contributed by atoms with Crippen LogP contribution in [0.2, 0.25) is 0 Å². The van der Waals surface area contributed by atoms with Gasteiger partial charge < -0.3 is 15.4 Å². The van der Waals surface area contributed by atoms with Gasteiger partial charge in [0.25, 0.3) is 21.9 Å². The Morgan fingerprint density at radius 2 is 1.72 bits per heavy atom. The number of pyridine rings is 1. The minimum Gasteiger partial charge on any atom is -0.457 e. The van der Waals surface area contributed by atoms with Crippen molar-refractivity contribution in [3.05, 3.63) is 66.0 Å². The molecule has 4 aromatic rings. The number of hydrogen-bond acceptors (Lipinski definition) is 9. The Balaban J connectivity index is 1.57. The lowest BCUT2D eigenvalue weighted by Crippen LogP contribution is -2.18. The number of amides is 2. The van der Waals surface area contributed by atoms with E-state index in [2.05, 4.69) is 35.5 Å². The SMILES string of the molecule is CNC(=O)c1cc(Oc2ccc3nnc(NS(=O)(=O)c4ccc(NC(C)=O)c(C)c4)nc3c2)ccn1. The molecule has 184 valence electrons. The maximum absolute atomic E-state index is 12.9. The molecule has 0 aliphatic rings. The number of nitrogens with zero attached hydrogens (tertiary/aromatic N) is 4. The number of aromatic nitrogens is 4. The largest absolute Gasteiger partial charge is 0.457 e. The van der Waals surface area contributed by atoms with E-state index in [9.17, 15) is 18.0 Å². The summed E-state index contributed by atoms with van der Waals surface area (Å²) in [7, 11) is -2.53. The monoisotopic (exact) mass is 507 g/mol. The van der Waals surface area contributed by atoms with E-state index >= 15 is 0 Å². The summed E-state index contributed by atoms with van der Waals surface area (Å²) in [6.45, 7) is 3.05. The predicted octanol–water partition coefficient (Wildman–Crippen LogP) is 2.64. The lowest BCUT2D eigenvalue weighted by atomic mass is 10.2. The van der Waals surface area contributed by atoms with Gasteiger partial charge in [-0.1, -0.05) is 0 Å². The van der Waals surface area contributed by atoms with Crippen molar-refractivity contribution in [1.82, 2.24) is 25.5 Å². The highest BCUT2D eigenvalue weighted by Gasteiger charge is 2.18. The van der Waals surface area contributed by atoms with E-state index in [1.54, 1.807) is 31.2 Å². The van der Waals surface area contributed by atoms with Crippen LogP contribution >= 0.6 is 0 Å². The number of benzene rings is 2. The highest BCUT2D eigenvalue weighted by atomic mass is 32.2. The molecule has 2 heterocycles. The van der Waals surface area contributed by atoms with Gasteiger partial charge in [0.15, 0.2) is 0 Å². The standard InChI is InChI=1S/C23H21N7O5S/c1-13-10-17(5-7-18(13)26-14(2)31)36(33,34)30-23-27-20-11-15(4-6-19(20)28-29-23)35-16-8-9-25-21(12-16)22(32)24-3/h4-12H,1-3H3,(H,24,32)(H,26,31)(H,27,29,30). The van der Waals surface area contributed by atoms with Crippen LogP contribution in [0.25, 0.3) is 11.0 Å². The number of aryl methyl sites for hydroxylation is 1. The lowest BCUT2D eigenvalue weighted by Gasteiger charge is -2.11. The van der Waals surface area contributed by atoms with Crippen LogP contribution in [0.3, 0.4) is 0 Å². The van der Waals surface area contributed by atoms with Gasteiger partial charge in [0, 0.05) is 38.0 Å². The van der Waals surface area contributed by atoms with Crippen LogP contribution in [-0.4, -0.2) is 47.4 Å². The number of rotatable bonds is 7. The maximum Gasteiger partial charge on any atom is 0.269 e. The molecule has 2 amide bonds. The molecule has 0 unspecified atom stereocenters. The molecule has 2 aromatic carbocycles. The lowest BCUT2D eigenvalue weighted by molar-refractivity contribution is -0.114. The van der Waals surface area contributed by atoms with Crippen LogP contribution in [0.4, 0.5) is 11.6 Å². The molecule has 4 rings (SSSR count). The summed E-state index contributed by atoms with van der Waals surface area (Å²) < 4.78 is 33.9. The fourth-order valence-electron chi connectivity index (χ4n) is 3.20. The number of anilines is 2. The van der Waals surface area contributed by atoms with E-state index in [-0.39, 0.29) is 28.4 Å². The molecule has 12 nitrogen and oxygen atoms in total. The van der Waals surface area contributed by atoms with E-state index < -0.39 is 10.0 Å². The summed E-state index contributed by atoms with van der Waals surface area (Å²) >= 11 is 0. The van der Waals surface area contributed by atoms with Gasteiger partial charge in [-0.25, -0.2) is 18.1 Å². The molecule has 0 spiro atoms. The van der Waals surface area contributed by atoms with Gasteiger partial charge >= 0.3 is 0 Å². The minimum absolute atomic E-state index is 0.0282. The quantitative estimate of drug-likeness (QED) is 0.341. The van der Waals surface area contributed by atoms with Crippen LogP contribution < -0.4 is 20.1 Å². The summed E-state index contributed by atoms with van der Waals surface area (Å²) in [5.74, 6) is -0.0810. The molecule has 0 atom stereocenters. The van der Waals surface area contributed by atoms with Crippen molar-refractivity contribution in [2.75, 3.05) is 17.1 Å². The zero-order valence-corrected chi connectivity index (χ0v) is 20.3. The number of carbonyl (C=O) groups is 2. The predicted molar refractivity (Wildman–Crippen MR) is 131 cm³/mol. The van der Waals surface area contributed by atoms with E-state index in [1.807, 2.05) is 0 Å². The normalized spacial score (nSPS) is 11.1. The van der Waals surface area contributed by atoms with Crippen molar-refractivity contribution >= 4 is 44.5 Å². The second-order valence-corrected chi connectivity index (χ2v) is 9.29. The van der Waals surface area contributed by atoms with Crippen LogP contribution in [-0.2, 0) is 14.8 Å². The highest BCUT2D eigenvalue weighted by Crippen LogP contribution is 2.25. The number of fused-ring (bicyclic) bond motifs is 1. The summed E-state index contributed by atoms with van der Waals surface area (Å²) in [6, 6.07) is 12.2. The van der Waals surface area contributed by atoms with E-state index in [0.717, 1.165) is 0 Å². The van der Waals surface area contributed by atoms with Crippen molar-refractivity contribution in [2.24, 2.45) is 0 Å². The van der Waals surface area contributed by atoms with E-state index in [4.69, 9.17) is 4.74 Å². The van der Waals surface area contributed by atoms with Gasteiger partial charge in [0.1, 0.15) is 22.7 Å². The first-order valence-corrected chi connectivity index (χ1v) is 12.0. The third-order valence-electron chi connectivity index (χ3n) is 4.90. The molecule has 36 heavy (non-hydrogen) atoms. The number of carbonyl (C=O) groups excluding carboxylic acids is 2. The third-order valence-corrected chi connectivity index (χ3v) is 6.22. The van der Waals surface area contributed by atoms with E-state index in [1.165, 1.54) is 44.4 Å². The Kier molecular flexibility index (Phi) is 6.74. The van der Waals surface area contributed by atoms with Crippen LogP contribution in [0.1, 0.15) is 23.0 Å². The molecular formula is C23H21N7O5S. The fraction of sp³-hybridized carbons (Fsp3) is 0.130. The summed E-state index contributed by atoms with van der Waals surface area (Å²) in [5.41, 5.74) is 2.02. The van der Waals surface area contributed by atoms with Crippen LogP contribution in [0, 0.1) is 6.92 Å². The van der Waals surface area contributed by atoms with Gasteiger partial charge in [0.2, 0.25) is 5.91 Å². The van der Waals surface area contributed by atoms with Gasteiger partial charge in [-0.2, -0.15) is 0 Å². The molecule has 2 aromatic heterocycles. The first-order valence-electron chi connectivity index (χ1n) is 10.6. The minimum atomic E-state index is -4.03. The van der Waals surface area contributed by atoms with E-state index in [0.29, 0.717) is 33.8 Å². The molecular weight excluding hydrogens is 486 g/mol. The van der Waals surface area contributed by atoms with Crippen molar-refractivity contribution < 1.29 is 22.7 Å². The topological polar surface area (TPSA) is 165 Å². The molecule has 0 radical (unpaired) electrons. The van der Waals surface area contributed by atoms with Crippen molar-refractivity contribution in [1.29, 1.82) is 0 Å². The first kappa shape index (κ1) is 24.5. The average molecular weight is 508 g/mol. The number of hydrogen-bond donors (Lipinski definition) is 3. The Morgan fingerprint density at radius 1 is 0.944 bits per heavy atom. The molecule has 0 aliphatic heterocycles. The Labute approximate surface area is 206 Å². The van der Waals surface area contributed by atoms with Gasteiger partial charge in [-0.3, -0.25) is 14.6 Å². The zero-order chi connectivity index (χ0) is 25.9. The molecule has 3 N–H and O–H groups in total. The summed E-state index contributed by atoms with van der Waals surface area (Å²) in [4.78, 5) is 31.3. The Morgan fingerprint density at radius 3 is 2.44 bits per heavy atom. The smallest absolute Gasteiger partial charge is 0.269 e. The van der Waals surface area contributed by atoms with Gasteiger partial charge in [-0.15, -0.1) is 10.2 Å². The maximum atomic E-state index is 12.9. The number of ether oxygens (including phenoxy) is 1. The highest BCUT2D eigenvalue weighted by molar-refractivity contribution is 7.92. The molecule has 0 saturated heterocycles. The summed E-state index contributed by atoms with van der Waals surface area (Å²) in [6.07, 6.45) is 1.45. The molecule has 0 saturated carbocycles. The second-order valence-electron chi connectivity index (χ2n) is 7.61. The Hall–Kier alpha value is -4.65. The average Bonchev–Trinajstić information content (AvgIpc) is 2.84. The second kappa shape index (κ2) is 9.92. The number of sulfonamides is 1. The van der Waals surface area contributed by atoms with Crippen LogP contribution in [0.15, 0.2) is 59.6 Å².